The van der Waals surface area contributed by atoms with Gasteiger partial charge < -0.3 is 15.0 Å². The first-order valence-corrected chi connectivity index (χ1v) is 7.68. The first kappa shape index (κ1) is 12.9. The van der Waals surface area contributed by atoms with Gasteiger partial charge in [-0.1, -0.05) is 37.3 Å². The van der Waals surface area contributed by atoms with Crippen LogP contribution in [0.1, 0.15) is 25.5 Å². The molecule has 3 unspecified atom stereocenters. The summed E-state index contributed by atoms with van der Waals surface area (Å²) >= 11 is 5.49. The standard InChI is InChI=1S/C17H18N2OS/c1-10-15-14-12-7-5-4-6-11(12)8-9-13(14)20-17(10,2)19(3)16(21)18-15/h4-10,15H,1-3H3,(H,18,21). The van der Waals surface area contributed by atoms with Gasteiger partial charge in [0.15, 0.2) is 10.8 Å². The predicted molar refractivity (Wildman–Crippen MR) is 88.4 cm³/mol. The molecule has 21 heavy (non-hydrogen) atoms. The van der Waals surface area contributed by atoms with E-state index in [9.17, 15) is 0 Å². The summed E-state index contributed by atoms with van der Waals surface area (Å²) in [6, 6.07) is 12.8. The molecule has 1 fully saturated rings. The van der Waals surface area contributed by atoms with E-state index < -0.39 is 5.72 Å². The highest BCUT2D eigenvalue weighted by molar-refractivity contribution is 7.80. The molecule has 0 aliphatic carbocycles. The van der Waals surface area contributed by atoms with Crippen LogP contribution in [0.15, 0.2) is 36.4 Å². The molecule has 1 saturated heterocycles. The molecule has 0 spiro atoms. The average molecular weight is 298 g/mol. The maximum Gasteiger partial charge on any atom is 0.186 e. The summed E-state index contributed by atoms with van der Waals surface area (Å²) in [6.07, 6.45) is 0. The Balaban J connectivity index is 2.01. The minimum Gasteiger partial charge on any atom is -0.467 e. The fourth-order valence-corrected chi connectivity index (χ4v) is 3.87. The Morgan fingerprint density at radius 3 is 2.81 bits per heavy atom. The molecule has 0 aromatic heterocycles. The number of hydrogen-bond donors (Lipinski definition) is 1. The molecule has 0 saturated carbocycles. The third-order valence-corrected chi connectivity index (χ3v) is 5.54. The number of fused-ring (bicyclic) bond motifs is 6. The molecule has 0 radical (unpaired) electrons. The second kappa shape index (κ2) is 4.10. The zero-order valence-corrected chi connectivity index (χ0v) is 13.2. The number of nitrogens with one attached hydrogen (secondary N) is 1. The molecule has 2 aliphatic rings. The van der Waals surface area contributed by atoms with E-state index in [1.807, 2.05) is 11.9 Å². The molecule has 4 heteroatoms. The molecule has 0 amide bonds. The van der Waals surface area contributed by atoms with Crippen molar-refractivity contribution in [1.29, 1.82) is 0 Å². The zero-order chi connectivity index (χ0) is 14.8. The van der Waals surface area contributed by atoms with Crippen LogP contribution in [0, 0.1) is 5.92 Å². The van der Waals surface area contributed by atoms with Crippen molar-refractivity contribution in [3.8, 4) is 5.75 Å². The van der Waals surface area contributed by atoms with E-state index in [4.69, 9.17) is 17.0 Å². The first-order valence-electron chi connectivity index (χ1n) is 7.27. The van der Waals surface area contributed by atoms with Gasteiger partial charge in [0.25, 0.3) is 0 Å². The summed E-state index contributed by atoms with van der Waals surface area (Å²) in [4.78, 5) is 2.03. The fraction of sp³-hybridized carbons (Fsp3) is 0.353. The van der Waals surface area contributed by atoms with Gasteiger partial charge in [-0.15, -0.1) is 0 Å². The van der Waals surface area contributed by atoms with Crippen LogP contribution in [0.25, 0.3) is 10.8 Å². The highest BCUT2D eigenvalue weighted by Crippen LogP contribution is 2.49. The van der Waals surface area contributed by atoms with E-state index in [1.165, 1.54) is 16.3 Å². The molecule has 2 aromatic rings. The number of hydrogen-bond acceptors (Lipinski definition) is 2. The molecule has 2 heterocycles. The molecule has 2 aliphatic heterocycles. The average Bonchev–Trinajstić information content (AvgIpc) is 2.49. The van der Waals surface area contributed by atoms with Gasteiger partial charge in [-0.25, -0.2) is 0 Å². The maximum atomic E-state index is 6.39. The molecule has 2 aromatic carbocycles. The molecule has 2 bridgehead atoms. The van der Waals surface area contributed by atoms with Crippen LogP contribution < -0.4 is 10.1 Å². The SMILES string of the molecule is CC1C2NC(=S)N(C)C1(C)Oc1ccc3ccccc3c12. The lowest BCUT2D eigenvalue weighted by Gasteiger charge is -2.55. The maximum absolute atomic E-state index is 6.39. The van der Waals surface area contributed by atoms with Crippen LogP contribution in [0.3, 0.4) is 0 Å². The fourth-order valence-electron chi connectivity index (χ4n) is 3.56. The van der Waals surface area contributed by atoms with Crippen LogP contribution in [-0.2, 0) is 0 Å². The van der Waals surface area contributed by atoms with Gasteiger partial charge in [0.2, 0.25) is 0 Å². The Morgan fingerprint density at radius 2 is 2.00 bits per heavy atom. The van der Waals surface area contributed by atoms with Crippen LogP contribution >= 0.6 is 12.2 Å². The summed E-state index contributed by atoms with van der Waals surface area (Å²) in [5, 5.41) is 6.73. The normalized spacial score (nSPS) is 30.6. The Bertz CT molecular complexity index is 760. The Labute approximate surface area is 129 Å². The number of rotatable bonds is 0. The molecular weight excluding hydrogens is 280 g/mol. The molecule has 3 atom stereocenters. The molecule has 4 rings (SSSR count). The molecular formula is C17H18N2OS. The zero-order valence-electron chi connectivity index (χ0n) is 12.4. The number of ether oxygens (including phenoxy) is 1. The predicted octanol–water partition coefficient (Wildman–Crippen LogP) is 3.45. The van der Waals surface area contributed by atoms with Crippen LogP contribution in [0.2, 0.25) is 0 Å². The highest BCUT2D eigenvalue weighted by atomic mass is 32.1. The van der Waals surface area contributed by atoms with Crippen molar-refractivity contribution in [3.63, 3.8) is 0 Å². The summed E-state index contributed by atoms with van der Waals surface area (Å²) in [5.41, 5.74) is 0.830. The van der Waals surface area contributed by atoms with Gasteiger partial charge in [0.05, 0.1) is 6.04 Å². The third kappa shape index (κ3) is 1.57. The molecule has 3 nitrogen and oxygen atoms in total. The van der Waals surface area contributed by atoms with Crippen LogP contribution in [-0.4, -0.2) is 22.8 Å². The highest BCUT2D eigenvalue weighted by Gasteiger charge is 2.52. The van der Waals surface area contributed by atoms with E-state index in [-0.39, 0.29) is 6.04 Å². The summed E-state index contributed by atoms with van der Waals surface area (Å²) in [6.45, 7) is 4.34. The monoisotopic (exact) mass is 298 g/mol. The summed E-state index contributed by atoms with van der Waals surface area (Å²) in [5.74, 6) is 1.26. The largest absolute Gasteiger partial charge is 0.467 e. The lowest BCUT2D eigenvalue weighted by molar-refractivity contribution is -0.0993. The topological polar surface area (TPSA) is 24.5 Å². The number of nitrogens with zero attached hydrogens (tertiary/aromatic N) is 1. The Kier molecular flexibility index (Phi) is 2.52. The van der Waals surface area contributed by atoms with Crippen molar-refractivity contribution in [2.75, 3.05) is 7.05 Å². The summed E-state index contributed by atoms with van der Waals surface area (Å²) < 4.78 is 6.39. The van der Waals surface area contributed by atoms with Crippen molar-refractivity contribution >= 4 is 28.1 Å². The smallest absolute Gasteiger partial charge is 0.186 e. The molecule has 108 valence electrons. The quantitative estimate of drug-likeness (QED) is 0.753. The molecule has 1 N–H and O–H groups in total. The van der Waals surface area contributed by atoms with Gasteiger partial charge in [-0.05, 0) is 36.0 Å². The van der Waals surface area contributed by atoms with Crippen molar-refractivity contribution in [3.05, 3.63) is 42.0 Å². The van der Waals surface area contributed by atoms with E-state index in [2.05, 4.69) is 55.6 Å². The van der Waals surface area contributed by atoms with E-state index in [1.54, 1.807) is 0 Å². The lowest BCUT2D eigenvalue weighted by atomic mass is 9.79. The van der Waals surface area contributed by atoms with Crippen molar-refractivity contribution in [2.45, 2.75) is 25.6 Å². The van der Waals surface area contributed by atoms with Crippen LogP contribution in [0.4, 0.5) is 0 Å². The third-order valence-electron chi connectivity index (χ3n) is 5.15. The Hall–Kier alpha value is -1.81. The van der Waals surface area contributed by atoms with Gasteiger partial charge in [0, 0.05) is 18.5 Å². The van der Waals surface area contributed by atoms with Crippen molar-refractivity contribution < 1.29 is 4.74 Å². The van der Waals surface area contributed by atoms with E-state index in [0.717, 1.165) is 10.9 Å². The van der Waals surface area contributed by atoms with E-state index >= 15 is 0 Å². The first-order chi connectivity index (χ1) is 10.0. The minimum atomic E-state index is -0.400. The van der Waals surface area contributed by atoms with Crippen LogP contribution in [0.5, 0.6) is 5.75 Å². The van der Waals surface area contributed by atoms with Gasteiger partial charge >= 0.3 is 0 Å². The van der Waals surface area contributed by atoms with Crippen molar-refractivity contribution in [1.82, 2.24) is 10.2 Å². The van der Waals surface area contributed by atoms with Gasteiger partial charge in [-0.2, -0.15) is 0 Å². The summed E-state index contributed by atoms with van der Waals surface area (Å²) in [7, 11) is 1.99. The Morgan fingerprint density at radius 1 is 1.24 bits per heavy atom. The van der Waals surface area contributed by atoms with Gasteiger partial charge in [-0.3, -0.25) is 0 Å². The minimum absolute atomic E-state index is 0.188. The number of benzene rings is 2. The second-order valence-electron chi connectivity index (χ2n) is 6.13. The van der Waals surface area contributed by atoms with Crippen molar-refractivity contribution in [2.24, 2.45) is 5.92 Å². The lowest BCUT2D eigenvalue weighted by Crippen LogP contribution is -2.67. The second-order valence-corrected chi connectivity index (χ2v) is 6.52. The van der Waals surface area contributed by atoms with Gasteiger partial charge in [0.1, 0.15) is 5.75 Å². The number of thiocarbonyl (C=S) groups is 1. The van der Waals surface area contributed by atoms with E-state index in [0.29, 0.717) is 5.92 Å².